The second kappa shape index (κ2) is 10.8. The highest BCUT2D eigenvalue weighted by atomic mass is 19.1. The molecule has 0 unspecified atom stereocenters. The molecule has 4 aromatic rings. The Hall–Kier alpha value is -4.31. The third kappa shape index (κ3) is 5.44. The van der Waals surface area contributed by atoms with Crippen molar-refractivity contribution in [3.8, 4) is 17.2 Å². The number of pyridine rings is 1. The van der Waals surface area contributed by atoms with Gasteiger partial charge in [-0.25, -0.2) is 4.39 Å². The topological polar surface area (TPSA) is 114 Å². The smallest absolute Gasteiger partial charge is 0.251 e. The maximum absolute atomic E-state index is 14.2. The van der Waals surface area contributed by atoms with Crippen LogP contribution in [0.25, 0.3) is 11.5 Å². The number of rotatable bonds is 8. The van der Waals surface area contributed by atoms with Gasteiger partial charge < -0.3 is 25.1 Å². The third-order valence-corrected chi connectivity index (χ3v) is 6.42. The zero-order valence-electron chi connectivity index (χ0n) is 20.3. The van der Waals surface area contributed by atoms with Crippen molar-refractivity contribution in [1.82, 2.24) is 25.8 Å². The number of halogens is 1. The van der Waals surface area contributed by atoms with Crippen molar-refractivity contribution in [2.75, 3.05) is 25.5 Å². The normalized spacial score (nSPS) is 14.6. The van der Waals surface area contributed by atoms with Gasteiger partial charge in [-0.1, -0.05) is 6.07 Å². The zero-order valence-corrected chi connectivity index (χ0v) is 20.3. The van der Waals surface area contributed by atoms with E-state index in [9.17, 15) is 9.18 Å². The van der Waals surface area contributed by atoms with E-state index in [0.717, 1.165) is 37.2 Å². The molecule has 9 nitrogen and oxygen atoms in total. The molecule has 2 aromatic heterocycles. The number of hydrogen-bond donors (Lipinski definition) is 3. The standard InChI is InChI=1S/C27H27FN6O3/c1-36-22-5-6-23(28)20(16-22)17-31-24(35)19-3-2-4-21(15-19)32-27(9-13-30-14-10-27)26-34-33-25(37-26)18-7-11-29-12-8-18/h2-8,11-12,15-16,30,32H,9-10,13-14,17H2,1H3,(H,31,35). The van der Waals surface area contributed by atoms with E-state index in [1.54, 1.807) is 36.7 Å². The van der Waals surface area contributed by atoms with E-state index in [0.29, 0.717) is 28.7 Å². The molecule has 0 aliphatic carbocycles. The second-order valence-corrected chi connectivity index (χ2v) is 8.83. The Morgan fingerprint density at radius 2 is 1.92 bits per heavy atom. The highest BCUT2D eigenvalue weighted by Crippen LogP contribution is 2.35. The van der Waals surface area contributed by atoms with Crippen molar-refractivity contribution >= 4 is 11.6 Å². The lowest BCUT2D eigenvalue weighted by Gasteiger charge is -2.36. The summed E-state index contributed by atoms with van der Waals surface area (Å²) in [7, 11) is 1.51. The fourth-order valence-corrected chi connectivity index (χ4v) is 4.38. The van der Waals surface area contributed by atoms with Crippen LogP contribution < -0.4 is 20.7 Å². The number of anilines is 1. The molecular weight excluding hydrogens is 475 g/mol. The number of benzene rings is 2. The quantitative estimate of drug-likeness (QED) is 0.332. The summed E-state index contributed by atoms with van der Waals surface area (Å²) in [5, 5.41) is 18.3. The van der Waals surface area contributed by atoms with Crippen LogP contribution in [0.3, 0.4) is 0 Å². The van der Waals surface area contributed by atoms with Crippen molar-refractivity contribution in [3.05, 3.63) is 89.8 Å². The number of nitrogens with one attached hydrogen (secondary N) is 3. The number of carbonyl (C=O) groups excluding carboxylic acids is 1. The lowest BCUT2D eigenvalue weighted by Crippen LogP contribution is -2.45. The summed E-state index contributed by atoms with van der Waals surface area (Å²) in [6.07, 6.45) is 4.79. The number of aromatic nitrogens is 3. The van der Waals surface area contributed by atoms with Crippen molar-refractivity contribution in [2.45, 2.75) is 24.9 Å². The number of methoxy groups -OCH3 is 1. The molecule has 0 bridgehead atoms. The fourth-order valence-electron chi connectivity index (χ4n) is 4.38. The number of carbonyl (C=O) groups is 1. The molecule has 2 aromatic carbocycles. The summed E-state index contributed by atoms with van der Waals surface area (Å²) >= 11 is 0. The molecule has 1 amide bonds. The molecule has 5 rings (SSSR count). The number of piperidine rings is 1. The van der Waals surface area contributed by atoms with Crippen LogP contribution in [0.1, 0.15) is 34.7 Å². The Kier molecular flexibility index (Phi) is 7.09. The van der Waals surface area contributed by atoms with Crippen LogP contribution in [0.2, 0.25) is 0 Å². The first-order valence-electron chi connectivity index (χ1n) is 12.0. The molecule has 1 aliphatic rings. The minimum absolute atomic E-state index is 0.0366. The second-order valence-electron chi connectivity index (χ2n) is 8.83. The van der Waals surface area contributed by atoms with E-state index in [4.69, 9.17) is 9.15 Å². The fraction of sp³-hybridized carbons (Fsp3) is 0.259. The average molecular weight is 503 g/mol. The van der Waals surface area contributed by atoms with Crippen molar-refractivity contribution in [2.24, 2.45) is 0 Å². The largest absolute Gasteiger partial charge is 0.497 e. The molecule has 1 saturated heterocycles. The van der Waals surface area contributed by atoms with E-state index in [-0.39, 0.29) is 12.5 Å². The van der Waals surface area contributed by atoms with Crippen LogP contribution in [-0.4, -0.2) is 41.3 Å². The van der Waals surface area contributed by atoms with Crippen LogP contribution in [0, 0.1) is 5.82 Å². The molecular formula is C27H27FN6O3. The molecule has 0 saturated carbocycles. The van der Waals surface area contributed by atoms with Gasteiger partial charge in [-0.3, -0.25) is 9.78 Å². The van der Waals surface area contributed by atoms with Crippen LogP contribution in [0.15, 0.2) is 71.4 Å². The summed E-state index contributed by atoms with van der Waals surface area (Å²) in [5.41, 5.74) is 1.73. The lowest BCUT2D eigenvalue weighted by molar-refractivity contribution is 0.0950. The Morgan fingerprint density at radius 3 is 2.70 bits per heavy atom. The molecule has 0 atom stereocenters. The minimum atomic E-state index is -0.595. The summed E-state index contributed by atoms with van der Waals surface area (Å²) in [5.74, 6) is 0.717. The molecule has 37 heavy (non-hydrogen) atoms. The van der Waals surface area contributed by atoms with Gasteiger partial charge in [0.15, 0.2) is 0 Å². The Labute approximate surface area is 213 Å². The first-order valence-corrected chi connectivity index (χ1v) is 12.0. The Balaban J connectivity index is 1.34. The maximum atomic E-state index is 14.2. The van der Waals surface area contributed by atoms with Gasteiger partial charge in [0.25, 0.3) is 5.91 Å². The summed E-state index contributed by atoms with van der Waals surface area (Å²) < 4.78 is 25.4. The van der Waals surface area contributed by atoms with E-state index in [1.165, 1.54) is 19.2 Å². The molecule has 3 N–H and O–H groups in total. The van der Waals surface area contributed by atoms with Crippen LogP contribution in [0.5, 0.6) is 5.75 Å². The molecule has 3 heterocycles. The van der Waals surface area contributed by atoms with Crippen molar-refractivity contribution in [3.63, 3.8) is 0 Å². The first kappa shape index (κ1) is 24.4. The number of nitrogens with zero attached hydrogens (tertiary/aromatic N) is 3. The van der Waals surface area contributed by atoms with Gasteiger partial charge in [-0.2, -0.15) is 0 Å². The number of ether oxygens (including phenoxy) is 1. The molecule has 0 radical (unpaired) electrons. The highest BCUT2D eigenvalue weighted by molar-refractivity contribution is 5.95. The van der Waals surface area contributed by atoms with E-state index in [1.807, 2.05) is 18.2 Å². The van der Waals surface area contributed by atoms with Crippen LogP contribution >= 0.6 is 0 Å². The summed E-state index contributed by atoms with van der Waals surface area (Å²) in [6, 6.07) is 15.2. The third-order valence-electron chi connectivity index (χ3n) is 6.42. The lowest BCUT2D eigenvalue weighted by atomic mass is 9.87. The first-order chi connectivity index (χ1) is 18.1. The minimum Gasteiger partial charge on any atom is -0.497 e. The molecule has 10 heteroatoms. The van der Waals surface area contributed by atoms with Crippen molar-refractivity contribution < 1.29 is 18.3 Å². The Morgan fingerprint density at radius 1 is 1.11 bits per heavy atom. The van der Waals surface area contributed by atoms with Gasteiger partial charge in [-0.05, 0) is 74.5 Å². The molecule has 190 valence electrons. The highest BCUT2D eigenvalue weighted by Gasteiger charge is 2.39. The Bertz CT molecular complexity index is 1370. The number of amides is 1. The summed E-state index contributed by atoms with van der Waals surface area (Å²) in [4.78, 5) is 16.9. The molecule has 1 fully saturated rings. The van der Waals surface area contributed by atoms with Gasteiger partial charge in [0, 0.05) is 41.3 Å². The zero-order chi connectivity index (χ0) is 25.7. The van der Waals surface area contributed by atoms with Crippen LogP contribution in [-0.2, 0) is 12.1 Å². The van der Waals surface area contributed by atoms with Gasteiger partial charge in [-0.15, -0.1) is 10.2 Å². The molecule has 1 aliphatic heterocycles. The summed E-state index contributed by atoms with van der Waals surface area (Å²) in [6.45, 7) is 1.58. The monoisotopic (exact) mass is 502 g/mol. The van der Waals surface area contributed by atoms with E-state index >= 15 is 0 Å². The van der Waals surface area contributed by atoms with Gasteiger partial charge in [0.2, 0.25) is 11.8 Å². The average Bonchev–Trinajstić information content (AvgIpc) is 3.45. The predicted molar refractivity (Wildman–Crippen MR) is 135 cm³/mol. The maximum Gasteiger partial charge on any atom is 0.251 e. The van der Waals surface area contributed by atoms with Crippen LogP contribution in [0.4, 0.5) is 10.1 Å². The van der Waals surface area contributed by atoms with Gasteiger partial charge in [0.05, 0.1) is 7.11 Å². The van der Waals surface area contributed by atoms with E-state index in [2.05, 4.69) is 31.1 Å². The number of hydrogen-bond acceptors (Lipinski definition) is 8. The predicted octanol–water partition coefficient (Wildman–Crippen LogP) is 3.90. The van der Waals surface area contributed by atoms with Gasteiger partial charge in [0.1, 0.15) is 17.1 Å². The van der Waals surface area contributed by atoms with Crippen molar-refractivity contribution in [1.29, 1.82) is 0 Å². The van der Waals surface area contributed by atoms with Gasteiger partial charge >= 0.3 is 0 Å². The molecule has 0 spiro atoms. The van der Waals surface area contributed by atoms with E-state index < -0.39 is 11.4 Å². The SMILES string of the molecule is COc1ccc(F)c(CNC(=O)c2cccc(NC3(c4nnc(-c5ccncc5)o4)CCNCC3)c2)c1.